The summed E-state index contributed by atoms with van der Waals surface area (Å²) < 4.78 is 1.99. The quantitative estimate of drug-likeness (QED) is 0.795. The van der Waals surface area contributed by atoms with E-state index >= 15 is 0 Å². The number of H-pyrrole nitrogens is 1. The third-order valence-corrected chi connectivity index (χ3v) is 5.13. The van der Waals surface area contributed by atoms with E-state index in [1.165, 1.54) is 5.69 Å². The van der Waals surface area contributed by atoms with Crippen molar-refractivity contribution in [2.75, 3.05) is 13.1 Å². The van der Waals surface area contributed by atoms with E-state index in [-0.39, 0.29) is 11.9 Å². The number of nitrogens with zero attached hydrogens (tertiary/aromatic N) is 4. The molecule has 3 aromatic rings. The summed E-state index contributed by atoms with van der Waals surface area (Å²) in [7, 11) is 0. The van der Waals surface area contributed by atoms with Gasteiger partial charge >= 0.3 is 0 Å². The molecule has 1 aliphatic heterocycles. The minimum atomic E-state index is 0.132. The minimum Gasteiger partial charge on any atom is -0.343 e. The molecule has 0 radical (unpaired) electrons. The van der Waals surface area contributed by atoms with Gasteiger partial charge in [0.15, 0.2) is 0 Å². The first-order valence-electron chi connectivity index (χ1n) is 8.89. The maximum atomic E-state index is 12.7. The minimum absolute atomic E-state index is 0.132. The van der Waals surface area contributed by atoms with Gasteiger partial charge in [-0.2, -0.15) is 0 Å². The highest BCUT2D eigenvalue weighted by Gasteiger charge is 2.26. The number of hydrogen-bond donors (Lipinski definition) is 1. The lowest BCUT2D eigenvalue weighted by Crippen LogP contribution is -2.39. The van der Waals surface area contributed by atoms with Gasteiger partial charge in [0.1, 0.15) is 5.65 Å². The first-order chi connectivity index (χ1) is 12.2. The fourth-order valence-corrected chi connectivity index (χ4v) is 3.67. The van der Waals surface area contributed by atoms with Crippen LogP contribution in [0.4, 0.5) is 0 Å². The summed E-state index contributed by atoms with van der Waals surface area (Å²) in [6.45, 7) is 3.69. The predicted octanol–water partition coefficient (Wildman–Crippen LogP) is 3.12. The Morgan fingerprint density at radius 1 is 1.44 bits per heavy atom. The molecular formula is C19H23N5O. The maximum absolute atomic E-state index is 12.7. The summed E-state index contributed by atoms with van der Waals surface area (Å²) in [5.41, 5.74) is 2.11. The lowest BCUT2D eigenvalue weighted by molar-refractivity contribution is -0.133. The van der Waals surface area contributed by atoms with Gasteiger partial charge in [0.2, 0.25) is 5.91 Å². The lowest BCUT2D eigenvalue weighted by Gasteiger charge is -2.33. The molecule has 1 fully saturated rings. The van der Waals surface area contributed by atoms with Crippen LogP contribution >= 0.6 is 0 Å². The SMILES string of the molecule is CC(CC(=O)N1CCCC(c2cc3cccnc3[nH]2)C1)n1ccnc1. The molecule has 130 valence electrons. The number of aromatic amines is 1. The molecular weight excluding hydrogens is 314 g/mol. The molecule has 0 spiro atoms. The van der Waals surface area contributed by atoms with Gasteiger partial charge in [0.05, 0.1) is 6.33 Å². The van der Waals surface area contributed by atoms with E-state index in [9.17, 15) is 4.79 Å². The average Bonchev–Trinajstić information content (AvgIpc) is 3.31. The van der Waals surface area contributed by atoms with Crippen molar-refractivity contribution in [1.82, 2.24) is 24.4 Å². The van der Waals surface area contributed by atoms with E-state index in [1.807, 2.05) is 21.7 Å². The number of likely N-dealkylation sites (tertiary alicyclic amines) is 1. The average molecular weight is 337 g/mol. The highest BCUT2D eigenvalue weighted by molar-refractivity contribution is 5.78. The van der Waals surface area contributed by atoms with E-state index in [2.05, 4.69) is 34.0 Å². The number of imidazole rings is 1. The summed E-state index contributed by atoms with van der Waals surface area (Å²) in [6, 6.07) is 6.33. The number of aromatic nitrogens is 4. The Morgan fingerprint density at radius 2 is 2.36 bits per heavy atom. The van der Waals surface area contributed by atoms with Crippen LogP contribution in [0.15, 0.2) is 43.1 Å². The Morgan fingerprint density at radius 3 is 3.16 bits per heavy atom. The molecule has 0 aromatic carbocycles. The number of pyridine rings is 1. The zero-order valence-corrected chi connectivity index (χ0v) is 14.4. The van der Waals surface area contributed by atoms with Crippen LogP contribution in [0.1, 0.15) is 43.8 Å². The molecule has 2 atom stereocenters. The fourth-order valence-electron chi connectivity index (χ4n) is 3.67. The molecule has 1 amide bonds. The normalized spacial score (nSPS) is 19.2. The van der Waals surface area contributed by atoms with Gasteiger partial charge in [-0.05, 0) is 38.0 Å². The van der Waals surface area contributed by atoms with Crippen molar-refractivity contribution >= 4 is 16.9 Å². The first kappa shape index (κ1) is 15.9. The van der Waals surface area contributed by atoms with Crippen LogP contribution in [0.25, 0.3) is 11.0 Å². The first-order valence-corrected chi connectivity index (χ1v) is 8.89. The van der Waals surface area contributed by atoms with Crippen LogP contribution in [-0.2, 0) is 4.79 Å². The van der Waals surface area contributed by atoms with Gasteiger partial charge in [-0.1, -0.05) is 0 Å². The van der Waals surface area contributed by atoms with Gasteiger partial charge in [0, 0.05) is 61.1 Å². The van der Waals surface area contributed by atoms with Crippen LogP contribution in [-0.4, -0.2) is 43.4 Å². The smallest absolute Gasteiger partial charge is 0.224 e. The van der Waals surface area contributed by atoms with Crippen molar-refractivity contribution in [3.8, 4) is 0 Å². The van der Waals surface area contributed by atoms with E-state index in [0.29, 0.717) is 12.3 Å². The molecule has 4 heterocycles. The van der Waals surface area contributed by atoms with Crippen molar-refractivity contribution in [2.24, 2.45) is 0 Å². The molecule has 0 saturated carbocycles. The number of nitrogens with one attached hydrogen (secondary N) is 1. The molecule has 4 rings (SSSR count). The second-order valence-electron chi connectivity index (χ2n) is 6.91. The Bertz CT molecular complexity index is 821. The Hall–Kier alpha value is -2.63. The van der Waals surface area contributed by atoms with Crippen LogP contribution in [0.5, 0.6) is 0 Å². The number of amides is 1. The van der Waals surface area contributed by atoms with Crippen molar-refractivity contribution in [1.29, 1.82) is 0 Å². The lowest BCUT2D eigenvalue weighted by atomic mass is 9.94. The molecule has 6 heteroatoms. The highest BCUT2D eigenvalue weighted by atomic mass is 16.2. The zero-order chi connectivity index (χ0) is 17.2. The number of piperidine rings is 1. The van der Waals surface area contributed by atoms with Crippen molar-refractivity contribution in [2.45, 2.75) is 38.1 Å². The predicted molar refractivity (Wildman–Crippen MR) is 96.2 cm³/mol. The summed E-state index contributed by atoms with van der Waals surface area (Å²) in [6.07, 6.45) is 9.89. The van der Waals surface area contributed by atoms with Gasteiger partial charge in [-0.3, -0.25) is 4.79 Å². The molecule has 0 aliphatic carbocycles. The maximum Gasteiger partial charge on any atom is 0.224 e. The largest absolute Gasteiger partial charge is 0.343 e. The highest BCUT2D eigenvalue weighted by Crippen LogP contribution is 2.29. The van der Waals surface area contributed by atoms with Crippen LogP contribution < -0.4 is 0 Å². The van der Waals surface area contributed by atoms with Crippen LogP contribution in [0, 0.1) is 0 Å². The standard InChI is InChI=1S/C19H23N5O/c1-14(24-9-7-20-13-24)10-18(25)23-8-3-5-16(12-23)17-11-15-4-2-6-21-19(15)22-17/h2,4,6-7,9,11,13-14,16H,3,5,8,10,12H2,1H3,(H,21,22). The second-order valence-corrected chi connectivity index (χ2v) is 6.91. The van der Waals surface area contributed by atoms with Crippen molar-refractivity contribution in [3.05, 3.63) is 48.8 Å². The second kappa shape index (κ2) is 6.70. The number of fused-ring (bicyclic) bond motifs is 1. The van der Waals surface area contributed by atoms with E-state index in [1.54, 1.807) is 18.7 Å². The Kier molecular flexibility index (Phi) is 4.26. The molecule has 1 saturated heterocycles. The van der Waals surface area contributed by atoms with E-state index in [0.717, 1.165) is 37.0 Å². The zero-order valence-electron chi connectivity index (χ0n) is 14.4. The third-order valence-electron chi connectivity index (χ3n) is 5.13. The Labute approximate surface area is 146 Å². The number of hydrogen-bond acceptors (Lipinski definition) is 3. The van der Waals surface area contributed by atoms with Crippen molar-refractivity contribution < 1.29 is 4.79 Å². The molecule has 3 aromatic heterocycles. The van der Waals surface area contributed by atoms with Gasteiger partial charge in [0.25, 0.3) is 0 Å². The monoisotopic (exact) mass is 337 g/mol. The van der Waals surface area contributed by atoms with Crippen LogP contribution in [0.2, 0.25) is 0 Å². The molecule has 2 unspecified atom stereocenters. The summed E-state index contributed by atoms with van der Waals surface area (Å²) >= 11 is 0. The fraction of sp³-hybridized carbons (Fsp3) is 0.421. The van der Waals surface area contributed by atoms with E-state index < -0.39 is 0 Å². The molecule has 1 N–H and O–H groups in total. The topological polar surface area (TPSA) is 66.8 Å². The van der Waals surface area contributed by atoms with E-state index in [4.69, 9.17) is 0 Å². The number of carbonyl (C=O) groups excluding carboxylic acids is 1. The van der Waals surface area contributed by atoms with Gasteiger partial charge in [-0.25, -0.2) is 9.97 Å². The molecule has 1 aliphatic rings. The summed E-state index contributed by atoms with van der Waals surface area (Å²) in [5, 5.41) is 1.13. The molecule has 6 nitrogen and oxygen atoms in total. The third kappa shape index (κ3) is 3.29. The van der Waals surface area contributed by atoms with Crippen molar-refractivity contribution in [3.63, 3.8) is 0 Å². The summed E-state index contributed by atoms with van der Waals surface area (Å²) in [4.78, 5) is 26.6. The van der Waals surface area contributed by atoms with Crippen LogP contribution in [0.3, 0.4) is 0 Å². The molecule has 0 bridgehead atoms. The number of carbonyl (C=O) groups is 1. The van der Waals surface area contributed by atoms with Gasteiger partial charge < -0.3 is 14.5 Å². The van der Waals surface area contributed by atoms with Gasteiger partial charge in [-0.15, -0.1) is 0 Å². The molecule has 25 heavy (non-hydrogen) atoms. The summed E-state index contributed by atoms with van der Waals surface area (Å²) in [5.74, 6) is 0.579. The Balaban J connectivity index is 1.44. The number of rotatable bonds is 4.